The van der Waals surface area contributed by atoms with Gasteiger partial charge < -0.3 is 10.1 Å². The van der Waals surface area contributed by atoms with Crippen LogP contribution in [-0.2, 0) is 4.74 Å². The molecule has 0 bridgehead atoms. The average molecular weight is 241 g/mol. The molecule has 2 atom stereocenters. The molecule has 0 saturated heterocycles. The fourth-order valence-electron chi connectivity index (χ4n) is 2.40. The molecule has 1 fully saturated rings. The van der Waals surface area contributed by atoms with Crippen molar-refractivity contribution in [1.29, 1.82) is 0 Å². The summed E-state index contributed by atoms with van der Waals surface area (Å²) in [5.41, 5.74) is 0.241. The highest BCUT2D eigenvalue weighted by Crippen LogP contribution is 2.27. The summed E-state index contributed by atoms with van der Waals surface area (Å²) in [4.78, 5) is 0. The maximum atomic E-state index is 6.11. The highest BCUT2D eigenvalue weighted by molar-refractivity contribution is 4.75. The predicted octanol–water partition coefficient (Wildman–Crippen LogP) is 3.61. The van der Waals surface area contributed by atoms with Gasteiger partial charge in [0, 0.05) is 18.0 Å². The molecule has 1 aliphatic carbocycles. The van der Waals surface area contributed by atoms with E-state index in [1.807, 2.05) is 0 Å². The normalized spacial score (nSPS) is 26.5. The fourth-order valence-corrected chi connectivity index (χ4v) is 2.40. The van der Waals surface area contributed by atoms with Crippen LogP contribution in [0.25, 0.3) is 0 Å². The SMILES string of the molecule is CC1CCCC(OCC(C)(C)CNC(C)C)C1. The standard InChI is InChI=1S/C15H31NO/c1-12(2)16-10-15(4,5)11-17-14-8-6-7-13(3)9-14/h12-14,16H,6-11H2,1-5H3. The highest BCUT2D eigenvalue weighted by atomic mass is 16.5. The molecule has 1 aliphatic rings. The van der Waals surface area contributed by atoms with Crippen LogP contribution < -0.4 is 5.32 Å². The Balaban J connectivity index is 2.23. The lowest BCUT2D eigenvalue weighted by molar-refractivity contribution is -0.0238. The Morgan fingerprint density at radius 2 is 2.00 bits per heavy atom. The van der Waals surface area contributed by atoms with E-state index in [-0.39, 0.29) is 5.41 Å². The Morgan fingerprint density at radius 3 is 2.59 bits per heavy atom. The maximum absolute atomic E-state index is 6.11. The lowest BCUT2D eigenvalue weighted by Crippen LogP contribution is -2.38. The van der Waals surface area contributed by atoms with Gasteiger partial charge in [0.25, 0.3) is 0 Å². The van der Waals surface area contributed by atoms with E-state index in [0.717, 1.165) is 19.1 Å². The zero-order chi connectivity index (χ0) is 12.9. The van der Waals surface area contributed by atoms with Crippen molar-refractivity contribution in [2.24, 2.45) is 11.3 Å². The van der Waals surface area contributed by atoms with Crippen molar-refractivity contribution in [2.45, 2.75) is 72.4 Å². The van der Waals surface area contributed by atoms with Gasteiger partial charge in [-0.15, -0.1) is 0 Å². The van der Waals surface area contributed by atoms with Crippen LogP contribution in [-0.4, -0.2) is 25.3 Å². The third kappa shape index (κ3) is 6.42. The molecule has 1 N–H and O–H groups in total. The zero-order valence-corrected chi connectivity index (χ0v) is 12.4. The molecule has 0 radical (unpaired) electrons. The fraction of sp³-hybridized carbons (Fsp3) is 1.00. The van der Waals surface area contributed by atoms with Crippen molar-refractivity contribution in [3.05, 3.63) is 0 Å². The van der Waals surface area contributed by atoms with Crippen LogP contribution in [0, 0.1) is 11.3 Å². The summed E-state index contributed by atoms with van der Waals surface area (Å²) in [5, 5.41) is 3.50. The van der Waals surface area contributed by atoms with Crippen LogP contribution in [0.1, 0.15) is 60.3 Å². The van der Waals surface area contributed by atoms with Crippen molar-refractivity contribution >= 4 is 0 Å². The molecular formula is C15H31NO. The molecule has 0 spiro atoms. The smallest absolute Gasteiger partial charge is 0.0578 e. The van der Waals surface area contributed by atoms with Crippen LogP contribution in [0.2, 0.25) is 0 Å². The topological polar surface area (TPSA) is 21.3 Å². The number of rotatable bonds is 6. The lowest BCUT2D eigenvalue weighted by Gasteiger charge is -2.32. The van der Waals surface area contributed by atoms with Crippen molar-refractivity contribution in [2.75, 3.05) is 13.2 Å². The summed E-state index contributed by atoms with van der Waals surface area (Å²) < 4.78 is 6.11. The summed E-state index contributed by atoms with van der Waals surface area (Å²) in [5.74, 6) is 0.852. The zero-order valence-electron chi connectivity index (χ0n) is 12.4. The monoisotopic (exact) mass is 241 g/mol. The van der Waals surface area contributed by atoms with Crippen molar-refractivity contribution in [3.8, 4) is 0 Å². The van der Waals surface area contributed by atoms with Crippen molar-refractivity contribution < 1.29 is 4.74 Å². The molecule has 0 aromatic carbocycles. The van der Waals surface area contributed by atoms with E-state index in [9.17, 15) is 0 Å². The van der Waals surface area contributed by atoms with Gasteiger partial charge in [-0.2, -0.15) is 0 Å². The average Bonchev–Trinajstić information content (AvgIpc) is 2.24. The molecular weight excluding hydrogens is 210 g/mol. The minimum absolute atomic E-state index is 0.241. The van der Waals surface area contributed by atoms with Gasteiger partial charge in [0.2, 0.25) is 0 Å². The molecule has 2 heteroatoms. The summed E-state index contributed by atoms with van der Waals surface area (Å²) in [6, 6.07) is 0.559. The van der Waals surface area contributed by atoms with Crippen molar-refractivity contribution in [1.82, 2.24) is 5.32 Å². The molecule has 2 unspecified atom stereocenters. The highest BCUT2D eigenvalue weighted by Gasteiger charge is 2.24. The van der Waals surface area contributed by atoms with Gasteiger partial charge in [-0.1, -0.05) is 47.5 Å². The van der Waals surface area contributed by atoms with Gasteiger partial charge >= 0.3 is 0 Å². The van der Waals surface area contributed by atoms with Crippen LogP contribution >= 0.6 is 0 Å². The molecule has 0 aromatic rings. The number of hydrogen-bond donors (Lipinski definition) is 1. The van der Waals surface area contributed by atoms with Crippen LogP contribution in [0.4, 0.5) is 0 Å². The van der Waals surface area contributed by atoms with Crippen LogP contribution in [0.15, 0.2) is 0 Å². The number of ether oxygens (including phenoxy) is 1. The molecule has 0 amide bonds. The largest absolute Gasteiger partial charge is 0.378 e. The molecule has 1 saturated carbocycles. The first-order chi connectivity index (χ1) is 7.89. The first kappa shape index (κ1) is 15.0. The predicted molar refractivity (Wildman–Crippen MR) is 74.3 cm³/mol. The van der Waals surface area contributed by atoms with Crippen LogP contribution in [0.5, 0.6) is 0 Å². The molecule has 102 valence electrons. The van der Waals surface area contributed by atoms with E-state index in [2.05, 4.69) is 39.9 Å². The Bertz CT molecular complexity index is 213. The van der Waals surface area contributed by atoms with E-state index in [0.29, 0.717) is 12.1 Å². The summed E-state index contributed by atoms with van der Waals surface area (Å²) >= 11 is 0. The molecule has 1 rings (SSSR count). The third-order valence-electron chi connectivity index (χ3n) is 3.59. The van der Waals surface area contributed by atoms with E-state index < -0.39 is 0 Å². The van der Waals surface area contributed by atoms with E-state index >= 15 is 0 Å². The summed E-state index contributed by atoms with van der Waals surface area (Å²) in [6.07, 6.45) is 5.76. The molecule has 0 aliphatic heterocycles. The second-order valence-electron chi connectivity index (χ2n) is 6.90. The Labute approximate surface area is 108 Å². The first-order valence-electron chi connectivity index (χ1n) is 7.24. The van der Waals surface area contributed by atoms with Gasteiger partial charge in [0.15, 0.2) is 0 Å². The Morgan fingerprint density at radius 1 is 1.29 bits per heavy atom. The summed E-state index contributed by atoms with van der Waals surface area (Å²) in [7, 11) is 0. The third-order valence-corrected chi connectivity index (χ3v) is 3.59. The van der Waals surface area contributed by atoms with Gasteiger partial charge in [-0.3, -0.25) is 0 Å². The summed E-state index contributed by atoms with van der Waals surface area (Å²) in [6.45, 7) is 13.2. The van der Waals surface area contributed by atoms with Gasteiger partial charge in [0.05, 0.1) is 12.7 Å². The second-order valence-corrected chi connectivity index (χ2v) is 6.90. The second kappa shape index (κ2) is 6.75. The first-order valence-corrected chi connectivity index (χ1v) is 7.24. The maximum Gasteiger partial charge on any atom is 0.0578 e. The Hall–Kier alpha value is -0.0800. The van der Waals surface area contributed by atoms with E-state index in [1.54, 1.807) is 0 Å². The molecule has 17 heavy (non-hydrogen) atoms. The molecule has 0 heterocycles. The minimum atomic E-state index is 0.241. The van der Waals surface area contributed by atoms with Gasteiger partial charge in [-0.05, 0) is 18.8 Å². The molecule has 0 aromatic heterocycles. The quantitative estimate of drug-likeness (QED) is 0.767. The van der Waals surface area contributed by atoms with Gasteiger partial charge in [0.1, 0.15) is 0 Å². The minimum Gasteiger partial charge on any atom is -0.378 e. The number of nitrogens with one attached hydrogen (secondary N) is 1. The van der Waals surface area contributed by atoms with Gasteiger partial charge in [-0.25, -0.2) is 0 Å². The van der Waals surface area contributed by atoms with E-state index in [4.69, 9.17) is 4.74 Å². The molecule has 2 nitrogen and oxygen atoms in total. The number of hydrogen-bond acceptors (Lipinski definition) is 2. The van der Waals surface area contributed by atoms with E-state index in [1.165, 1.54) is 25.7 Å². The van der Waals surface area contributed by atoms with Crippen LogP contribution in [0.3, 0.4) is 0 Å². The lowest BCUT2D eigenvalue weighted by atomic mass is 9.88. The van der Waals surface area contributed by atoms with Crippen molar-refractivity contribution in [3.63, 3.8) is 0 Å². The Kier molecular flexibility index (Phi) is 5.94.